The summed E-state index contributed by atoms with van der Waals surface area (Å²) in [5.41, 5.74) is 2.80. The summed E-state index contributed by atoms with van der Waals surface area (Å²) in [4.78, 5) is 38.5. The van der Waals surface area contributed by atoms with Gasteiger partial charge in [0.05, 0.1) is 23.7 Å². The zero-order valence-corrected chi connectivity index (χ0v) is 20.6. The maximum atomic E-state index is 12.5. The van der Waals surface area contributed by atoms with E-state index in [4.69, 9.17) is 26.7 Å². The maximum absolute atomic E-state index is 12.5. The molecule has 0 saturated carbocycles. The fourth-order valence-electron chi connectivity index (χ4n) is 4.14. The van der Waals surface area contributed by atoms with Crippen LogP contribution < -0.4 is 10.1 Å². The van der Waals surface area contributed by atoms with E-state index in [2.05, 4.69) is 26.3 Å². The summed E-state index contributed by atoms with van der Waals surface area (Å²) in [5.74, 6) is -0.263. The molecule has 1 aliphatic heterocycles. The highest BCUT2D eigenvalue weighted by Crippen LogP contribution is 2.32. The van der Waals surface area contributed by atoms with E-state index in [-0.39, 0.29) is 23.6 Å². The number of benzene rings is 1. The van der Waals surface area contributed by atoms with Gasteiger partial charge in [0.25, 0.3) is 0 Å². The molecule has 1 aliphatic rings. The van der Waals surface area contributed by atoms with E-state index in [1.165, 1.54) is 11.1 Å². The van der Waals surface area contributed by atoms with E-state index in [9.17, 15) is 9.59 Å². The van der Waals surface area contributed by atoms with Crippen molar-refractivity contribution in [2.75, 3.05) is 13.1 Å². The van der Waals surface area contributed by atoms with Crippen molar-refractivity contribution in [1.29, 1.82) is 5.26 Å². The van der Waals surface area contributed by atoms with E-state index in [1.807, 2.05) is 30.7 Å². The largest absolute Gasteiger partial charge is 0.413 e. The third-order valence-corrected chi connectivity index (χ3v) is 6.27. The molecule has 2 N–H and O–H groups in total. The molecule has 3 aromatic heterocycles. The molecule has 0 aliphatic carbocycles. The van der Waals surface area contributed by atoms with Gasteiger partial charge < -0.3 is 19.9 Å². The Morgan fingerprint density at radius 2 is 2.08 bits per heavy atom. The molecule has 5 rings (SSSR count). The third kappa shape index (κ3) is 4.20. The molecule has 12 heteroatoms. The number of ether oxygens (including phenoxy) is 1. The quantitative estimate of drug-likeness (QED) is 0.420. The first-order chi connectivity index (χ1) is 17.2. The Morgan fingerprint density at radius 3 is 2.81 bits per heavy atom. The number of nitrogens with one attached hydrogen (secondary N) is 2. The van der Waals surface area contributed by atoms with Crippen LogP contribution in [0.25, 0.3) is 33.5 Å². The zero-order chi connectivity index (χ0) is 25.6. The van der Waals surface area contributed by atoms with Gasteiger partial charge in [-0.15, -0.1) is 0 Å². The fraction of sp³-hybridized carbons (Fsp3) is 0.333. The summed E-state index contributed by atoms with van der Waals surface area (Å²) in [6, 6.07) is 6.95. The smallest absolute Gasteiger partial charge is 0.406 e. The topological polar surface area (TPSA) is 142 Å². The number of carbonyl (C=O) groups is 2. The average Bonchev–Trinajstić information content (AvgIpc) is 3.39. The van der Waals surface area contributed by atoms with Crippen LogP contribution in [0.1, 0.15) is 26.8 Å². The number of nitrogens with zero attached hydrogens (tertiary/aromatic N) is 6. The molecule has 1 aromatic carbocycles. The van der Waals surface area contributed by atoms with Crippen LogP contribution in [0.4, 0.5) is 4.79 Å². The predicted molar refractivity (Wildman–Crippen MR) is 132 cm³/mol. The molecule has 11 nitrogen and oxygen atoms in total. The van der Waals surface area contributed by atoms with Crippen LogP contribution in [0.15, 0.2) is 30.6 Å². The zero-order valence-electron chi connectivity index (χ0n) is 19.8. The van der Waals surface area contributed by atoms with Crippen molar-refractivity contribution in [1.82, 2.24) is 34.9 Å². The highest BCUT2D eigenvalue weighted by Gasteiger charge is 2.33. The van der Waals surface area contributed by atoms with Crippen LogP contribution >= 0.6 is 11.6 Å². The SMILES string of the molecule is CC(C)n1nc(-c2cnc3[nH]cc(OC(=O)N[C@H](C)C(=O)N4CC(C#N)C4)c3n2)c2ccc(Cl)cc21. The monoisotopic (exact) mass is 506 g/mol. The number of aromatic nitrogens is 5. The minimum absolute atomic E-state index is 0.0954. The molecule has 36 heavy (non-hydrogen) atoms. The number of amides is 2. The standard InChI is InChI=1S/C24H23ClN8O3/c1-12(2)33-18-6-15(25)4-5-16(18)20(31-33)17-8-27-22-21(30-17)19(9-28-22)36-24(35)29-13(3)23(34)32-10-14(7-26)11-32/h4-6,8-9,12-14H,10-11H2,1-3H3,(H,27,28)(H,29,35)/t13-/m1/s1. The second-order valence-corrected chi connectivity index (χ2v) is 9.42. The molecule has 4 aromatic rings. The van der Waals surface area contributed by atoms with Crippen LogP contribution in [-0.2, 0) is 4.79 Å². The summed E-state index contributed by atoms with van der Waals surface area (Å²) in [5, 5.41) is 17.6. The van der Waals surface area contributed by atoms with E-state index < -0.39 is 12.1 Å². The molecule has 4 heterocycles. The number of nitriles is 1. The Labute approximate surface area is 211 Å². The molecule has 0 unspecified atom stereocenters. The molecule has 184 valence electrons. The number of halogens is 1. The molecule has 1 atom stereocenters. The number of likely N-dealkylation sites (tertiary alicyclic amines) is 1. The Hall–Kier alpha value is -4.17. The normalized spacial score (nSPS) is 14.6. The lowest BCUT2D eigenvalue weighted by Gasteiger charge is -2.36. The molecule has 0 radical (unpaired) electrons. The predicted octanol–water partition coefficient (Wildman–Crippen LogP) is 3.67. The van der Waals surface area contributed by atoms with Crippen molar-refractivity contribution in [3.63, 3.8) is 0 Å². The number of hydrogen-bond donors (Lipinski definition) is 2. The van der Waals surface area contributed by atoms with Crippen molar-refractivity contribution in [2.24, 2.45) is 5.92 Å². The van der Waals surface area contributed by atoms with Gasteiger partial charge in [0.1, 0.15) is 17.4 Å². The van der Waals surface area contributed by atoms with E-state index in [1.54, 1.807) is 19.2 Å². The first-order valence-electron chi connectivity index (χ1n) is 11.4. The summed E-state index contributed by atoms with van der Waals surface area (Å²) >= 11 is 6.22. The number of rotatable bonds is 5. The van der Waals surface area contributed by atoms with Crippen molar-refractivity contribution < 1.29 is 14.3 Å². The van der Waals surface area contributed by atoms with Gasteiger partial charge >= 0.3 is 6.09 Å². The molecule has 2 amide bonds. The molecule has 0 spiro atoms. The molecular weight excluding hydrogens is 484 g/mol. The Morgan fingerprint density at radius 1 is 1.31 bits per heavy atom. The summed E-state index contributed by atoms with van der Waals surface area (Å²) in [7, 11) is 0. The van der Waals surface area contributed by atoms with Gasteiger partial charge in [-0.25, -0.2) is 14.8 Å². The Balaban J connectivity index is 1.38. The van der Waals surface area contributed by atoms with Gasteiger partial charge in [-0.1, -0.05) is 11.6 Å². The number of aromatic amines is 1. The minimum atomic E-state index is -0.804. The number of hydrogen-bond acceptors (Lipinski definition) is 7. The van der Waals surface area contributed by atoms with Crippen LogP contribution in [-0.4, -0.2) is 60.8 Å². The minimum Gasteiger partial charge on any atom is -0.406 e. The van der Waals surface area contributed by atoms with Gasteiger partial charge in [0.15, 0.2) is 16.9 Å². The van der Waals surface area contributed by atoms with Crippen molar-refractivity contribution in [3.8, 4) is 23.2 Å². The van der Waals surface area contributed by atoms with Gasteiger partial charge in [-0.3, -0.25) is 9.48 Å². The summed E-state index contributed by atoms with van der Waals surface area (Å²) in [6.45, 7) is 6.35. The second-order valence-electron chi connectivity index (χ2n) is 8.98. The van der Waals surface area contributed by atoms with Crippen LogP contribution in [0.5, 0.6) is 5.75 Å². The van der Waals surface area contributed by atoms with Gasteiger partial charge in [-0.05, 0) is 39.0 Å². The van der Waals surface area contributed by atoms with Gasteiger partial charge in [-0.2, -0.15) is 10.4 Å². The van der Waals surface area contributed by atoms with Crippen LogP contribution in [0.2, 0.25) is 5.02 Å². The maximum Gasteiger partial charge on any atom is 0.413 e. The number of H-pyrrole nitrogens is 1. The Kier molecular flexibility index (Phi) is 5.97. The second kappa shape index (κ2) is 9.13. The average molecular weight is 507 g/mol. The first-order valence-corrected chi connectivity index (χ1v) is 11.8. The highest BCUT2D eigenvalue weighted by atomic mass is 35.5. The lowest BCUT2D eigenvalue weighted by atomic mass is 10.0. The van der Waals surface area contributed by atoms with Crippen LogP contribution in [0, 0.1) is 17.2 Å². The number of fused-ring (bicyclic) bond motifs is 2. The molecule has 1 saturated heterocycles. The number of carbonyl (C=O) groups excluding carboxylic acids is 2. The summed E-state index contributed by atoms with van der Waals surface area (Å²) in [6.07, 6.45) is 2.29. The molecule has 0 bridgehead atoms. The van der Waals surface area contributed by atoms with Gasteiger partial charge in [0, 0.05) is 35.7 Å². The first kappa shape index (κ1) is 23.6. The fourth-order valence-corrected chi connectivity index (χ4v) is 4.30. The van der Waals surface area contributed by atoms with Crippen molar-refractivity contribution in [3.05, 3.63) is 35.6 Å². The van der Waals surface area contributed by atoms with Crippen LogP contribution in [0.3, 0.4) is 0 Å². The summed E-state index contributed by atoms with van der Waals surface area (Å²) < 4.78 is 7.32. The van der Waals surface area contributed by atoms with Gasteiger partial charge in [0.2, 0.25) is 5.91 Å². The lowest BCUT2D eigenvalue weighted by Crippen LogP contribution is -2.56. The van der Waals surface area contributed by atoms with Crippen molar-refractivity contribution in [2.45, 2.75) is 32.9 Å². The third-order valence-electron chi connectivity index (χ3n) is 6.03. The Bertz CT molecular complexity index is 1530. The highest BCUT2D eigenvalue weighted by molar-refractivity contribution is 6.31. The van der Waals surface area contributed by atoms with Crippen molar-refractivity contribution >= 4 is 45.7 Å². The lowest BCUT2D eigenvalue weighted by molar-refractivity contribution is -0.137. The van der Waals surface area contributed by atoms with E-state index in [0.29, 0.717) is 40.7 Å². The molecular formula is C24H23ClN8O3. The van der Waals surface area contributed by atoms with E-state index in [0.717, 1.165) is 10.9 Å². The molecule has 1 fully saturated rings. The van der Waals surface area contributed by atoms with E-state index >= 15 is 0 Å².